The van der Waals surface area contributed by atoms with Crippen LogP contribution in [0.1, 0.15) is 31.9 Å². The number of likely N-dealkylation sites (N-methyl/N-ethyl adjacent to an activating group) is 1. The molecule has 2 aromatic carbocycles. The Bertz CT molecular complexity index is 874. The van der Waals surface area contributed by atoms with Crippen LogP contribution < -0.4 is 16.1 Å². The second-order valence-corrected chi connectivity index (χ2v) is 10.2. The molecule has 1 saturated heterocycles. The number of anilines is 1. The predicted molar refractivity (Wildman–Crippen MR) is 139 cm³/mol. The molecule has 1 heterocycles. The molecule has 0 aromatic heterocycles. The Morgan fingerprint density at radius 3 is 2.29 bits per heavy atom. The van der Waals surface area contributed by atoms with Gasteiger partial charge in [-0.15, -0.1) is 0 Å². The average molecular weight is 468 g/mol. The summed E-state index contributed by atoms with van der Waals surface area (Å²) in [7, 11) is 2.17. The molecule has 0 aliphatic carbocycles. The van der Waals surface area contributed by atoms with Crippen LogP contribution in [0.4, 0.5) is 5.69 Å². The van der Waals surface area contributed by atoms with Crippen molar-refractivity contribution in [3.8, 4) is 0 Å². The summed E-state index contributed by atoms with van der Waals surface area (Å²) < 4.78 is 5.42. The van der Waals surface area contributed by atoms with Crippen molar-refractivity contribution < 1.29 is 9.53 Å². The zero-order valence-electron chi connectivity index (χ0n) is 21.2. The number of rotatable bonds is 10. The summed E-state index contributed by atoms with van der Waals surface area (Å²) in [6, 6.07) is 19.3. The average Bonchev–Trinajstić information content (AvgIpc) is 2.78. The summed E-state index contributed by atoms with van der Waals surface area (Å²) in [5, 5.41) is 5.19. The minimum Gasteiger partial charge on any atom is -0.459 e. The summed E-state index contributed by atoms with van der Waals surface area (Å²) in [4.78, 5) is 17.0. The molecular weight excluding hydrogens is 426 g/mol. The highest BCUT2D eigenvalue weighted by atomic mass is 16.6. The van der Waals surface area contributed by atoms with Gasteiger partial charge in [0.15, 0.2) is 0 Å². The van der Waals surface area contributed by atoms with Crippen molar-refractivity contribution in [1.82, 2.24) is 15.2 Å². The van der Waals surface area contributed by atoms with Crippen molar-refractivity contribution in [1.29, 1.82) is 0 Å². The van der Waals surface area contributed by atoms with Gasteiger partial charge < -0.3 is 19.9 Å². The van der Waals surface area contributed by atoms with Crippen molar-refractivity contribution in [2.75, 3.05) is 51.2 Å². The van der Waals surface area contributed by atoms with Gasteiger partial charge in [0.05, 0.1) is 0 Å². The Balaban J connectivity index is 1.57. The van der Waals surface area contributed by atoms with Crippen molar-refractivity contribution in [2.24, 2.45) is 5.84 Å². The van der Waals surface area contributed by atoms with Gasteiger partial charge in [0.25, 0.3) is 0 Å². The fourth-order valence-corrected chi connectivity index (χ4v) is 4.14. The van der Waals surface area contributed by atoms with Gasteiger partial charge in [-0.25, -0.2) is 5.01 Å². The monoisotopic (exact) mass is 467 g/mol. The van der Waals surface area contributed by atoms with Gasteiger partial charge in [0, 0.05) is 51.0 Å². The van der Waals surface area contributed by atoms with Crippen LogP contribution in [-0.2, 0) is 22.5 Å². The van der Waals surface area contributed by atoms with Crippen molar-refractivity contribution in [3.63, 3.8) is 0 Å². The molecule has 1 aliphatic heterocycles. The Kier molecular flexibility index (Phi) is 9.47. The molecule has 186 valence electrons. The largest absolute Gasteiger partial charge is 0.459 e. The molecule has 7 nitrogen and oxygen atoms in total. The molecule has 2 aromatic rings. The highest BCUT2D eigenvalue weighted by Gasteiger charge is 2.20. The van der Waals surface area contributed by atoms with Crippen LogP contribution in [0.2, 0.25) is 0 Å². The molecule has 0 amide bonds. The third-order valence-electron chi connectivity index (χ3n) is 5.93. The molecule has 3 N–H and O–H groups in total. The van der Waals surface area contributed by atoms with Crippen molar-refractivity contribution >= 4 is 11.7 Å². The first-order chi connectivity index (χ1) is 16.2. The van der Waals surface area contributed by atoms with Crippen LogP contribution in [0, 0.1) is 0 Å². The minimum atomic E-state index is -0.518. The van der Waals surface area contributed by atoms with Crippen molar-refractivity contribution in [3.05, 3.63) is 65.7 Å². The molecule has 7 heteroatoms. The number of hydrogen-bond acceptors (Lipinski definition) is 7. The van der Waals surface area contributed by atoms with E-state index in [-0.39, 0.29) is 18.6 Å². The SMILES string of the molecule is CN1CCN(c2ccc(CN[C@@H](Cc3ccccc3)CN(N)CC(=O)OC(C)(C)C)cc2)CC1. The van der Waals surface area contributed by atoms with E-state index in [2.05, 4.69) is 58.6 Å². The minimum absolute atomic E-state index is 0.0595. The number of hydrazine groups is 1. The van der Waals surface area contributed by atoms with Gasteiger partial charge in [-0.2, -0.15) is 0 Å². The summed E-state index contributed by atoms with van der Waals surface area (Å²) in [6.45, 7) is 11.3. The number of ether oxygens (including phenoxy) is 1. The first-order valence-electron chi connectivity index (χ1n) is 12.2. The highest BCUT2D eigenvalue weighted by molar-refractivity contribution is 5.72. The lowest BCUT2D eigenvalue weighted by atomic mass is 10.0. The van der Waals surface area contributed by atoms with E-state index in [1.54, 1.807) is 5.01 Å². The Hall–Kier alpha value is -2.45. The van der Waals surface area contributed by atoms with Crippen LogP contribution in [0.5, 0.6) is 0 Å². The summed E-state index contributed by atoms with van der Waals surface area (Å²) >= 11 is 0. The van der Waals surface area contributed by atoms with Crippen LogP contribution in [0.25, 0.3) is 0 Å². The summed E-state index contributed by atoms with van der Waals surface area (Å²) in [6.07, 6.45) is 0.822. The quantitative estimate of drug-likeness (QED) is 0.316. The van der Waals surface area contributed by atoms with Gasteiger partial charge >= 0.3 is 5.97 Å². The molecule has 1 fully saturated rings. The fourth-order valence-electron chi connectivity index (χ4n) is 4.14. The number of carbonyl (C=O) groups is 1. The summed E-state index contributed by atoms with van der Waals surface area (Å²) in [5.41, 5.74) is 3.22. The predicted octanol–water partition coefficient (Wildman–Crippen LogP) is 2.66. The number of piperazine rings is 1. The number of nitrogens with zero attached hydrogens (tertiary/aromatic N) is 3. The second kappa shape index (κ2) is 12.3. The molecule has 0 bridgehead atoms. The van der Waals surface area contributed by atoms with Crippen LogP contribution in [0.15, 0.2) is 54.6 Å². The van der Waals surface area contributed by atoms with E-state index < -0.39 is 5.60 Å². The lowest BCUT2D eigenvalue weighted by Crippen LogP contribution is -2.48. The zero-order chi connectivity index (χ0) is 24.6. The smallest absolute Gasteiger partial charge is 0.322 e. The third kappa shape index (κ3) is 9.06. The highest BCUT2D eigenvalue weighted by Crippen LogP contribution is 2.17. The first kappa shape index (κ1) is 26.2. The normalized spacial score (nSPS) is 16.0. The number of hydrogen-bond donors (Lipinski definition) is 2. The van der Waals surface area contributed by atoms with Gasteiger partial charge in [-0.1, -0.05) is 42.5 Å². The maximum Gasteiger partial charge on any atom is 0.322 e. The Morgan fingerprint density at radius 2 is 1.68 bits per heavy atom. The van der Waals surface area contributed by atoms with E-state index in [4.69, 9.17) is 10.6 Å². The van der Waals surface area contributed by atoms with E-state index in [1.165, 1.54) is 16.8 Å². The van der Waals surface area contributed by atoms with Crippen LogP contribution in [0.3, 0.4) is 0 Å². The van der Waals surface area contributed by atoms with Gasteiger partial charge in [-0.05, 0) is 57.5 Å². The number of esters is 1. The zero-order valence-corrected chi connectivity index (χ0v) is 21.2. The Morgan fingerprint density at radius 1 is 1.03 bits per heavy atom. The van der Waals surface area contributed by atoms with E-state index in [1.807, 2.05) is 39.0 Å². The molecule has 0 spiro atoms. The number of nitrogens with one attached hydrogen (secondary N) is 1. The van der Waals surface area contributed by atoms with Gasteiger partial charge in [0.1, 0.15) is 12.1 Å². The number of benzene rings is 2. The molecule has 0 saturated carbocycles. The van der Waals surface area contributed by atoms with E-state index in [9.17, 15) is 4.79 Å². The number of nitrogens with two attached hydrogens (primary N) is 1. The van der Waals surface area contributed by atoms with Crippen molar-refractivity contribution in [2.45, 2.75) is 45.4 Å². The molecular formula is C27H41N5O2. The van der Waals surface area contributed by atoms with Crippen LogP contribution in [-0.4, -0.2) is 73.8 Å². The maximum absolute atomic E-state index is 12.2. The molecule has 1 aliphatic rings. The summed E-state index contributed by atoms with van der Waals surface area (Å²) in [5.74, 6) is 5.90. The topological polar surface area (TPSA) is 74.1 Å². The van der Waals surface area contributed by atoms with Gasteiger partial charge in [0.2, 0.25) is 0 Å². The van der Waals surface area contributed by atoms with E-state index in [0.29, 0.717) is 6.54 Å². The second-order valence-electron chi connectivity index (χ2n) is 10.2. The van der Waals surface area contributed by atoms with Crippen LogP contribution >= 0.6 is 0 Å². The van der Waals surface area contributed by atoms with Gasteiger partial charge in [-0.3, -0.25) is 10.6 Å². The molecule has 3 rings (SSSR count). The fraction of sp³-hybridized carbons (Fsp3) is 0.519. The Labute approximate surface area is 204 Å². The molecule has 0 unspecified atom stereocenters. The van der Waals surface area contributed by atoms with E-state index >= 15 is 0 Å². The lowest BCUT2D eigenvalue weighted by molar-refractivity contribution is -0.156. The molecule has 34 heavy (non-hydrogen) atoms. The standard InChI is InChI=1S/C27H41N5O2/c1-27(2,3)34-26(33)21-32(28)20-24(18-22-8-6-5-7-9-22)29-19-23-10-12-25(13-11-23)31-16-14-30(4)15-17-31/h5-13,24,29H,14-21,28H2,1-4H3/t24-/m0/s1. The first-order valence-corrected chi connectivity index (χ1v) is 12.2. The lowest BCUT2D eigenvalue weighted by Gasteiger charge is -2.34. The molecule has 1 atom stereocenters. The van der Waals surface area contributed by atoms with E-state index in [0.717, 1.165) is 39.1 Å². The number of carbonyl (C=O) groups excluding carboxylic acids is 1. The maximum atomic E-state index is 12.2. The third-order valence-corrected chi connectivity index (χ3v) is 5.93. The molecule has 0 radical (unpaired) electrons.